The third kappa shape index (κ3) is 3.96. The van der Waals surface area contributed by atoms with Crippen LogP contribution in [0.3, 0.4) is 0 Å². The largest absolute Gasteiger partial charge is 0.466 e. The molecule has 0 aromatic heterocycles. The molecule has 0 aliphatic heterocycles. The maximum atomic E-state index is 11.3. The van der Waals surface area contributed by atoms with Crippen molar-refractivity contribution in [3.63, 3.8) is 0 Å². The van der Waals surface area contributed by atoms with Crippen LogP contribution in [0.4, 0.5) is 0 Å². The van der Waals surface area contributed by atoms with Crippen LogP contribution in [-0.4, -0.2) is 19.1 Å². The molecule has 0 radical (unpaired) electrons. The van der Waals surface area contributed by atoms with Gasteiger partial charge < -0.3 is 10.5 Å². The number of ether oxygens (including phenoxy) is 1. The molecule has 1 fully saturated rings. The molecule has 1 atom stereocenters. The molecule has 1 rings (SSSR count). The van der Waals surface area contributed by atoms with Crippen LogP contribution in [0, 0.1) is 11.8 Å². The van der Waals surface area contributed by atoms with Crippen LogP contribution < -0.4 is 5.73 Å². The van der Waals surface area contributed by atoms with Gasteiger partial charge in [-0.25, -0.2) is 0 Å². The highest BCUT2D eigenvalue weighted by molar-refractivity contribution is 5.85. The molecule has 0 aromatic rings. The highest BCUT2D eigenvalue weighted by atomic mass is 35.5. The van der Waals surface area contributed by atoms with Crippen molar-refractivity contribution in [2.75, 3.05) is 13.2 Å². The minimum absolute atomic E-state index is 0. The van der Waals surface area contributed by atoms with Crippen LogP contribution in [0.2, 0.25) is 0 Å². The average Bonchev–Trinajstić information content (AvgIpc) is 2.83. The van der Waals surface area contributed by atoms with Crippen LogP contribution in [0.15, 0.2) is 0 Å². The van der Waals surface area contributed by atoms with Crippen LogP contribution in [-0.2, 0) is 9.53 Å². The quantitative estimate of drug-likeness (QED) is 0.693. The molecule has 0 aromatic carbocycles. The fourth-order valence-electron chi connectivity index (χ4n) is 1.47. The van der Waals surface area contributed by atoms with Gasteiger partial charge in [0.15, 0.2) is 0 Å². The number of halogens is 1. The fourth-order valence-corrected chi connectivity index (χ4v) is 1.47. The van der Waals surface area contributed by atoms with Gasteiger partial charge in [-0.2, -0.15) is 0 Å². The van der Waals surface area contributed by atoms with Gasteiger partial charge in [-0.05, 0) is 38.6 Å². The van der Waals surface area contributed by atoms with E-state index >= 15 is 0 Å². The second-order valence-corrected chi connectivity index (χ2v) is 3.27. The highest BCUT2D eigenvalue weighted by Crippen LogP contribution is 2.38. The first-order valence-electron chi connectivity index (χ1n) is 4.66. The summed E-state index contributed by atoms with van der Waals surface area (Å²) >= 11 is 0. The Bertz CT molecular complexity index is 160. The van der Waals surface area contributed by atoms with Gasteiger partial charge in [-0.15, -0.1) is 12.4 Å². The Morgan fingerprint density at radius 1 is 1.62 bits per heavy atom. The van der Waals surface area contributed by atoms with Crippen molar-refractivity contribution in [1.29, 1.82) is 0 Å². The Labute approximate surface area is 85.4 Å². The molecule has 0 saturated heterocycles. The molecule has 1 aliphatic carbocycles. The van der Waals surface area contributed by atoms with E-state index in [-0.39, 0.29) is 24.3 Å². The molecule has 0 spiro atoms. The lowest BCUT2D eigenvalue weighted by Crippen LogP contribution is -2.22. The van der Waals surface area contributed by atoms with Crippen molar-refractivity contribution >= 4 is 18.4 Å². The Hall–Kier alpha value is -0.280. The highest BCUT2D eigenvalue weighted by Gasteiger charge is 2.36. The maximum Gasteiger partial charge on any atom is 0.309 e. The molecule has 1 unspecified atom stereocenters. The van der Waals surface area contributed by atoms with Crippen molar-refractivity contribution in [3.05, 3.63) is 0 Å². The lowest BCUT2D eigenvalue weighted by molar-refractivity contribution is -0.149. The normalized spacial score (nSPS) is 17.4. The van der Waals surface area contributed by atoms with Crippen molar-refractivity contribution in [3.8, 4) is 0 Å². The first-order chi connectivity index (χ1) is 5.79. The summed E-state index contributed by atoms with van der Waals surface area (Å²) in [6, 6.07) is 0. The summed E-state index contributed by atoms with van der Waals surface area (Å²) in [4.78, 5) is 11.3. The van der Waals surface area contributed by atoms with Gasteiger partial charge in [-0.3, -0.25) is 4.79 Å². The Morgan fingerprint density at radius 3 is 2.62 bits per heavy atom. The first kappa shape index (κ1) is 12.7. The molecule has 1 saturated carbocycles. The van der Waals surface area contributed by atoms with Crippen molar-refractivity contribution < 1.29 is 9.53 Å². The smallest absolute Gasteiger partial charge is 0.309 e. The summed E-state index contributed by atoms with van der Waals surface area (Å²) in [6.45, 7) is 2.90. The van der Waals surface area contributed by atoms with Gasteiger partial charge in [-0.1, -0.05) is 0 Å². The van der Waals surface area contributed by atoms with E-state index in [9.17, 15) is 4.79 Å². The van der Waals surface area contributed by atoms with Gasteiger partial charge in [0.1, 0.15) is 0 Å². The topological polar surface area (TPSA) is 52.3 Å². The average molecular weight is 208 g/mol. The minimum atomic E-state index is -0.0505. The third-order valence-corrected chi connectivity index (χ3v) is 2.26. The van der Waals surface area contributed by atoms with Crippen molar-refractivity contribution in [2.45, 2.75) is 26.2 Å². The SMILES string of the molecule is CCOC(=O)C(CCN)C1CC1.Cl. The number of carbonyl (C=O) groups excluding carboxylic acids is 1. The van der Waals surface area contributed by atoms with E-state index in [2.05, 4.69) is 0 Å². The summed E-state index contributed by atoms with van der Waals surface area (Å²) in [5, 5.41) is 0. The number of rotatable bonds is 5. The molecule has 1 aliphatic rings. The van der Waals surface area contributed by atoms with Gasteiger partial charge >= 0.3 is 5.97 Å². The number of hydrogen-bond acceptors (Lipinski definition) is 3. The van der Waals surface area contributed by atoms with E-state index < -0.39 is 0 Å². The molecule has 78 valence electrons. The number of esters is 1. The van der Waals surface area contributed by atoms with E-state index in [1.165, 1.54) is 12.8 Å². The Kier molecular flexibility index (Phi) is 6.08. The molecule has 0 heterocycles. The van der Waals surface area contributed by atoms with Crippen molar-refractivity contribution in [2.24, 2.45) is 17.6 Å². The third-order valence-electron chi connectivity index (χ3n) is 2.26. The van der Waals surface area contributed by atoms with E-state index in [1.54, 1.807) is 0 Å². The molecule has 0 amide bonds. The van der Waals surface area contributed by atoms with Crippen LogP contribution in [0.1, 0.15) is 26.2 Å². The molecule has 2 N–H and O–H groups in total. The zero-order chi connectivity index (χ0) is 8.97. The van der Waals surface area contributed by atoms with E-state index in [0.717, 1.165) is 6.42 Å². The standard InChI is InChI=1S/C9H17NO2.ClH/c1-2-12-9(11)8(5-6-10)7-3-4-7;/h7-8H,2-6,10H2,1H3;1H. The molecule has 4 heteroatoms. The Morgan fingerprint density at radius 2 is 2.23 bits per heavy atom. The van der Waals surface area contributed by atoms with Crippen LogP contribution in [0.25, 0.3) is 0 Å². The summed E-state index contributed by atoms with van der Waals surface area (Å²) in [6.07, 6.45) is 3.12. The van der Waals surface area contributed by atoms with Crippen LogP contribution >= 0.6 is 12.4 Å². The summed E-state index contributed by atoms with van der Waals surface area (Å²) in [5.74, 6) is 0.591. The number of nitrogens with two attached hydrogens (primary N) is 1. The zero-order valence-corrected chi connectivity index (χ0v) is 8.81. The maximum absolute atomic E-state index is 11.3. The predicted octanol–water partition coefficient (Wildman–Crippen LogP) is 1.35. The first-order valence-corrected chi connectivity index (χ1v) is 4.66. The predicted molar refractivity (Wildman–Crippen MR) is 53.8 cm³/mol. The van der Waals surface area contributed by atoms with Gasteiger partial charge in [0.25, 0.3) is 0 Å². The summed E-state index contributed by atoms with van der Waals surface area (Å²) in [5.41, 5.74) is 5.42. The number of hydrogen-bond donors (Lipinski definition) is 1. The zero-order valence-electron chi connectivity index (χ0n) is 7.99. The Balaban J connectivity index is 0.00000144. The molecule has 13 heavy (non-hydrogen) atoms. The van der Waals surface area contributed by atoms with E-state index in [1.807, 2.05) is 6.92 Å². The second-order valence-electron chi connectivity index (χ2n) is 3.27. The monoisotopic (exact) mass is 207 g/mol. The van der Waals surface area contributed by atoms with Crippen molar-refractivity contribution in [1.82, 2.24) is 0 Å². The lowest BCUT2D eigenvalue weighted by atomic mass is 10.0. The van der Waals surface area contributed by atoms with E-state index in [4.69, 9.17) is 10.5 Å². The fraction of sp³-hybridized carbons (Fsp3) is 0.889. The molecular weight excluding hydrogens is 190 g/mol. The minimum Gasteiger partial charge on any atom is -0.466 e. The number of carbonyl (C=O) groups is 1. The van der Waals surface area contributed by atoms with Crippen LogP contribution in [0.5, 0.6) is 0 Å². The van der Waals surface area contributed by atoms with E-state index in [0.29, 0.717) is 19.1 Å². The molecule has 0 bridgehead atoms. The van der Waals surface area contributed by atoms with Gasteiger partial charge in [0.2, 0.25) is 0 Å². The van der Waals surface area contributed by atoms with Gasteiger partial charge in [0.05, 0.1) is 12.5 Å². The lowest BCUT2D eigenvalue weighted by Gasteiger charge is -2.12. The molecule has 3 nitrogen and oxygen atoms in total. The summed E-state index contributed by atoms with van der Waals surface area (Å²) in [7, 11) is 0. The van der Waals surface area contributed by atoms with Gasteiger partial charge in [0, 0.05) is 0 Å². The second kappa shape index (κ2) is 6.22. The summed E-state index contributed by atoms with van der Waals surface area (Å²) < 4.78 is 4.96. The molecular formula is C9H18ClNO2.